The summed E-state index contributed by atoms with van der Waals surface area (Å²) >= 11 is 1.51. The second kappa shape index (κ2) is 4.43. The summed E-state index contributed by atoms with van der Waals surface area (Å²) in [6.07, 6.45) is 3.81. The van der Waals surface area contributed by atoms with Crippen LogP contribution in [-0.2, 0) is 13.1 Å². The molecule has 0 aromatic carbocycles. The molecule has 17 heavy (non-hydrogen) atoms. The lowest BCUT2D eigenvalue weighted by molar-refractivity contribution is 0.0912. The maximum Gasteiger partial charge on any atom is 0.186 e. The normalized spacial score (nSPS) is 15.8. The summed E-state index contributed by atoms with van der Waals surface area (Å²) in [4.78, 5) is 19.3. The third-order valence-electron chi connectivity index (χ3n) is 2.99. The van der Waals surface area contributed by atoms with Crippen LogP contribution in [0.15, 0.2) is 29.9 Å². The highest BCUT2D eigenvalue weighted by Crippen LogP contribution is 2.13. The van der Waals surface area contributed by atoms with Gasteiger partial charge in [-0.05, 0) is 11.4 Å². The molecular weight excluding hydrogens is 234 g/mol. The summed E-state index contributed by atoms with van der Waals surface area (Å²) in [5.74, 6) is 1.26. The monoisotopic (exact) mass is 247 g/mol. The second-order valence-corrected chi connectivity index (χ2v) is 5.10. The molecule has 1 aliphatic rings. The fourth-order valence-corrected chi connectivity index (χ4v) is 2.73. The van der Waals surface area contributed by atoms with Gasteiger partial charge >= 0.3 is 0 Å². The predicted molar refractivity (Wildman–Crippen MR) is 66.2 cm³/mol. The van der Waals surface area contributed by atoms with Crippen molar-refractivity contribution < 1.29 is 4.79 Å². The van der Waals surface area contributed by atoms with E-state index < -0.39 is 0 Å². The lowest BCUT2D eigenvalue weighted by atomic mass is 10.2. The Bertz CT molecular complexity index is 518. The van der Waals surface area contributed by atoms with Crippen LogP contribution in [0.25, 0.3) is 0 Å². The molecule has 0 bridgehead atoms. The SMILES string of the molecule is O=C(CN1CCn2ccnc2C1)c1cccs1. The van der Waals surface area contributed by atoms with Gasteiger partial charge in [-0.25, -0.2) is 4.98 Å². The van der Waals surface area contributed by atoms with E-state index >= 15 is 0 Å². The Labute approximate surface area is 104 Å². The second-order valence-electron chi connectivity index (χ2n) is 4.15. The highest BCUT2D eigenvalue weighted by molar-refractivity contribution is 7.12. The van der Waals surface area contributed by atoms with Gasteiger partial charge < -0.3 is 4.57 Å². The van der Waals surface area contributed by atoms with E-state index in [0.29, 0.717) is 6.54 Å². The minimum absolute atomic E-state index is 0.208. The molecule has 0 saturated carbocycles. The number of ketones is 1. The van der Waals surface area contributed by atoms with Crippen LogP contribution >= 0.6 is 11.3 Å². The van der Waals surface area contributed by atoms with Crippen molar-refractivity contribution in [1.82, 2.24) is 14.5 Å². The number of imidazole rings is 1. The van der Waals surface area contributed by atoms with Gasteiger partial charge in [-0.2, -0.15) is 0 Å². The molecule has 2 aromatic rings. The maximum absolute atomic E-state index is 12.0. The molecule has 0 atom stereocenters. The van der Waals surface area contributed by atoms with Crippen molar-refractivity contribution in [3.05, 3.63) is 40.6 Å². The van der Waals surface area contributed by atoms with Crippen molar-refractivity contribution in [2.75, 3.05) is 13.1 Å². The van der Waals surface area contributed by atoms with Gasteiger partial charge in [0.05, 0.1) is 18.0 Å². The molecule has 0 fully saturated rings. The molecule has 0 aliphatic carbocycles. The lowest BCUT2D eigenvalue weighted by Gasteiger charge is -2.26. The van der Waals surface area contributed by atoms with Crippen LogP contribution in [0.2, 0.25) is 0 Å². The molecule has 88 valence electrons. The van der Waals surface area contributed by atoms with Crippen LogP contribution in [0.4, 0.5) is 0 Å². The molecule has 3 rings (SSSR count). The summed E-state index contributed by atoms with van der Waals surface area (Å²) in [5.41, 5.74) is 0. The van der Waals surface area contributed by atoms with Gasteiger partial charge in [0.15, 0.2) is 5.78 Å². The van der Waals surface area contributed by atoms with Crippen molar-refractivity contribution in [3.8, 4) is 0 Å². The minimum atomic E-state index is 0.208. The summed E-state index contributed by atoms with van der Waals surface area (Å²) < 4.78 is 2.14. The summed E-state index contributed by atoms with van der Waals surface area (Å²) in [5, 5.41) is 1.94. The Morgan fingerprint density at radius 1 is 1.47 bits per heavy atom. The highest BCUT2D eigenvalue weighted by atomic mass is 32.1. The van der Waals surface area contributed by atoms with Crippen molar-refractivity contribution in [2.45, 2.75) is 13.1 Å². The van der Waals surface area contributed by atoms with Gasteiger partial charge in [0.2, 0.25) is 0 Å². The molecule has 1 aliphatic heterocycles. The number of aromatic nitrogens is 2. The Hall–Kier alpha value is -1.46. The Balaban J connectivity index is 1.66. The Morgan fingerprint density at radius 2 is 2.41 bits per heavy atom. The fourth-order valence-electron chi connectivity index (χ4n) is 2.08. The number of thiophene rings is 1. The Morgan fingerprint density at radius 3 is 3.24 bits per heavy atom. The van der Waals surface area contributed by atoms with Crippen LogP contribution in [0, 0.1) is 0 Å². The van der Waals surface area contributed by atoms with Crippen molar-refractivity contribution in [2.24, 2.45) is 0 Å². The zero-order valence-corrected chi connectivity index (χ0v) is 10.2. The average Bonchev–Trinajstić information content (AvgIpc) is 2.99. The first-order valence-electron chi connectivity index (χ1n) is 5.62. The topological polar surface area (TPSA) is 38.1 Å². The number of carbonyl (C=O) groups is 1. The van der Waals surface area contributed by atoms with E-state index in [1.54, 1.807) is 0 Å². The Kier molecular flexibility index (Phi) is 2.78. The molecule has 0 saturated heterocycles. The molecule has 0 N–H and O–H groups in total. The van der Waals surface area contributed by atoms with Crippen molar-refractivity contribution in [1.29, 1.82) is 0 Å². The molecule has 0 radical (unpaired) electrons. The molecule has 0 unspecified atom stereocenters. The van der Waals surface area contributed by atoms with Crippen LogP contribution in [-0.4, -0.2) is 33.3 Å². The average molecular weight is 247 g/mol. The first kappa shape index (κ1) is 10.7. The van der Waals surface area contributed by atoms with E-state index in [-0.39, 0.29) is 5.78 Å². The highest BCUT2D eigenvalue weighted by Gasteiger charge is 2.19. The minimum Gasteiger partial charge on any atom is -0.333 e. The van der Waals surface area contributed by atoms with Gasteiger partial charge in [-0.1, -0.05) is 6.07 Å². The molecule has 2 aromatic heterocycles. The van der Waals surface area contributed by atoms with Gasteiger partial charge in [0, 0.05) is 25.5 Å². The zero-order valence-electron chi connectivity index (χ0n) is 9.37. The summed E-state index contributed by atoms with van der Waals surface area (Å²) in [6.45, 7) is 3.10. The van der Waals surface area contributed by atoms with Crippen molar-refractivity contribution >= 4 is 17.1 Å². The first-order valence-corrected chi connectivity index (χ1v) is 6.50. The van der Waals surface area contributed by atoms with Gasteiger partial charge in [-0.15, -0.1) is 11.3 Å². The first-order chi connectivity index (χ1) is 8.33. The molecule has 0 amide bonds. The number of nitrogens with zero attached hydrogens (tertiary/aromatic N) is 3. The lowest BCUT2D eigenvalue weighted by Crippen LogP contribution is -2.37. The third-order valence-corrected chi connectivity index (χ3v) is 3.90. The third kappa shape index (κ3) is 2.16. The molecular formula is C12H13N3OS. The van der Waals surface area contributed by atoms with E-state index in [0.717, 1.165) is 30.3 Å². The van der Waals surface area contributed by atoms with E-state index in [1.807, 2.05) is 29.9 Å². The van der Waals surface area contributed by atoms with E-state index in [1.165, 1.54) is 11.3 Å². The van der Waals surface area contributed by atoms with Crippen LogP contribution < -0.4 is 0 Å². The van der Waals surface area contributed by atoms with Crippen LogP contribution in [0.3, 0.4) is 0 Å². The number of carbonyl (C=O) groups excluding carboxylic acids is 1. The largest absolute Gasteiger partial charge is 0.333 e. The number of rotatable bonds is 3. The van der Waals surface area contributed by atoms with Gasteiger partial charge in [0.25, 0.3) is 0 Å². The number of fused-ring (bicyclic) bond motifs is 1. The van der Waals surface area contributed by atoms with Crippen LogP contribution in [0.1, 0.15) is 15.5 Å². The number of hydrogen-bond acceptors (Lipinski definition) is 4. The molecule has 3 heterocycles. The predicted octanol–water partition coefficient (Wildman–Crippen LogP) is 1.64. The smallest absolute Gasteiger partial charge is 0.186 e. The fraction of sp³-hybridized carbons (Fsp3) is 0.333. The zero-order chi connectivity index (χ0) is 11.7. The van der Waals surface area contributed by atoms with Crippen molar-refractivity contribution in [3.63, 3.8) is 0 Å². The maximum atomic E-state index is 12.0. The standard InChI is InChI=1S/C12H13N3OS/c16-10(11-2-1-7-17-11)8-14-5-6-15-4-3-13-12(15)9-14/h1-4,7H,5-6,8-9H2. The van der Waals surface area contributed by atoms with E-state index in [4.69, 9.17) is 0 Å². The number of Topliss-reactive ketones (excluding diaryl/α,β-unsaturated/α-hetero) is 1. The summed E-state index contributed by atoms with van der Waals surface area (Å²) in [6, 6.07) is 3.80. The van der Waals surface area contributed by atoms with Gasteiger partial charge in [-0.3, -0.25) is 9.69 Å². The quantitative estimate of drug-likeness (QED) is 0.774. The van der Waals surface area contributed by atoms with E-state index in [9.17, 15) is 4.79 Å². The molecule has 4 nitrogen and oxygen atoms in total. The number of hydrogen-bond donors (Lipinski definition) is 0. The molecule has 5 heteroatoms. The van der Waals surface area contributed by atoms with Crippen LogP contribution in [0.5, 0.6) is 0 Å². The summed E-state index contributed by atoms with van der Waals surface area (Å²) in [7, 11) is 0. The van der Waals surface area contributed by atoms with Gasteiger partial charge in [0.1, 0.15) is 5.82 Å². The molecule has 0 spiro atoms. The van der Waals surface area contributed by atoms with E-state index in [2.05, 4.69) is 14.5 Å².